The molecule has 7 heteroatoms. The third kappa shape index (κ3) is 3.89. The van der Waals surface area contributed by atoms with Crippen molar-refractivity contribution in [2.24, 2.45) is 10.9 Å². The summed E-state index contributed by atoms with van der Waals surface area (Å²) >= 11 is 5.56. The highest BCUT2D eigenvalue weighted by Gasteiger charge is 2.13. The van der Waals surface area contributed by atoms with E-state index in [0.717, 1.165) is 0 Å². The predicted octanol–water partition coefficient (Wildman–Crippen LogP) is 1.74. The van der Waals surface area contributed by atoms with Crippen molar-refractivity contribution in [2.45, 2.75) is 12.8 Å². The van der Waals surface area contributed by atoms with Gasteiger partial charge in [-0.2, -0.15) is 0 Å². The lowest BCUT2D eigenvalue weighted by atomic mass is 10.2. The quantitative estimate of drug-likeness (QED) is 0.251. The summed E-state index contributed by atoms with van der Waals surface area (Å²) < 4.78 is 13.5. The van der Waals surface area contributed by atoms with Gasteiger partial charge in [-0.25, -0.2) is 4.39 Å². The summed E-state index contributed by atoms with van der Waals surface area (Å²) in [5, 5.41) is 13.5. The largest absolute Gasteiger partial charge is 0.409 e. The van der Waals surface area contributed by atoms with Crippen LogP contribution in [0.1, 0.15) is 23.2 Å². The molecule has 1 rings (SSSR count). The molecule has 1 aromatic rings. The number of amides is 1. The molecule has 18 heavy (non-hydrogen) atoms. The molecule has 0 aliphatic carbocycles. The van der Waals surface area contributed by atoms with Gasteiger partial charge in [-0.05, 0) is 18.6 Å². The molecule has 5 nitrogen and oxygen atoms in total. The van der Waals surface area contributed by atoms with E-state index in [1.165, 1.54) is 18.2 Å². The summed E-state index contributed by atoms with van der Waals surface area (Å²) in [7, 11) is 0. The standard InChI is InChI=1S/C11H13ClFN3O2/c12-8-4-1-3-7(10(8)13)11(17)15-6-2-5-9(14)16-18/h1,3-4,18H,2,5-6H2,(H2,14,16)(H,15,17). The van der Waals surface area contributed by atoms with E-state index in [4.69, 9.17) is 22.5 Å². The Morgan fingerprint density at radius 1 is 1.56 bits per heavy atom. The topological polar surface area (TPSA) is 87.7 Å². The Morgan fingerprint density at radius 2 is 2.28 bits per heavy atom. The third-order valence-electron chi connectivity index (χ3n) is 2.22. The molecule has 98 valence electrons. The van der Waals surface area contributed by atoms with Crippen molar-refractivity contribution in [1.29, 1.82) is 0 Å². The molecule has 0 fully saturated rings. The Bertz CT molecular complexity index is 466. The molecule has 4 N–H and O–H groups in total. The Balaban J connectivity index is 2.49. The zero-order chi connectivity index (χ0) is 13.5. The minimum atomic E-state index is -0.742. The molecule has 0 heterocycles. The number of amidine groups is 1. The van der Waals surface area contributed by atoms with Crippen LogP contribution in [-0.4, -0.2) is 23.5 Å². The van der Waals surface area contributed by atoms with E-state index < -0.39 is 11.7 Å². The van der Waals surface area contributed by atoms with Crippen LogP contribution in [0.5, 0.6) is 0 Å². The van der Waals surface area contributed by atoms with Gasteiger partial charge >= 0.3 is 0 Å². The highest BCUT2D eigenvalue weighted by atomic mass is 35.5. The van der Waals surface area contributed by atoms with Gasteiger partial charge in [-0.15, -0.1) is 0 Å². The van der Waals surface area contributed by atoms with Gasteiger partial charge in [0, 0.05) is 13.0 Å². The van der Waals surface area contributed by atoms with Gasteiger partial charge in [0.05, 0.1) is 10.6 Å². The Labute approximate surface area is 108 Å². The second-order valence-electron chi connectivity index (χ2n) is 3.55. The van der Waals surface area contributed by atoms with Crippen LogP contribution >= 0.6 is 11.6 Å². The minimum Gasteiger partial charge on any atom is -0.409 e. The molecule has 1 aromatic carbocycles. The lowest BCUT2D eigenvalue weighted by Crippen LogP contribution is -2.26. The number of rotatable bonds is 5. The maximum Gasteiger partial charge on any atom is 0.254 e. The zero-order valence-electron chi connectivity index (χ0n) is 9.49. The molecule has 0 bridgehead atoms. The minimum absolute atomic E-state index is 0.0817. The predicted molar refractivity (Wildman–Crippen MR) is 66.4 cm³/mol. The van der Waals surface area contributed by atoms with Gasteiger partial charge in [0.15, 0.2) is 5.82 Å². The summed E-state index contributed by atoms with van der Waals surface area (Å²) in [6, 6.07) is 4.21. The van der Waals surface area contributed by atoms with Crippen LogP contribution in [0.3, 0.4) is 0 Å². The number of hydrogen-bond donors (Lipinski definition) is 3. The third-order valence-corrected chi connectivity index (χ3v) is 2.51. The number of halogens is 2. The van der Waals surface area contributed by atoms with Crippen molar-refractivity contribution in [1.82, 2.24) is 5.32 Å². The van der Waals surface area contributed by atoms with Gasteiger partial charge in [0.1, 0.15) is 5.84 Å². The number of oxime groups is 1. The normalized spacial score (nSPS) is 11.3. The zero-order valence-corrected chi connectivity index (χ0v) is 10.2. The van der Waals surface area contributed by atoms with E-state index in [0.29, 0.717) is 19.4 Å². The van der Waals surface area contributed by atoms with Crippen molar-refractivity contribution < 1.29 is 14.4 Å². The van der Waals surface area contributed by atoms with E-state index >= 15 is 0 Å². The molecule has 0 unspecified atom stereocenters. The van der Waals surface area contributed by atoms with E-state index in [-0.39, 0.29) is 16.4 Å². The summed E-state index contributed by atoms with van der Waals surface area (Å²) in [6.45, 7) is 0.293. The van der Waals surface area contributed by atoms with E-state index in [9.17, 15) is 9.18 Å². The number of benzene rings is 1. The summed E-state index contributed by atoms with van der Waals surface area (Å²) in [5.41, 5.74) is 5.15. The van der Waals surface area contributed by atoms with E-state index in [1.807, 2.05) is 0 Å². The lowest BCUT2D eigenvalue weighted by molar-refractivity contribution is 0.0949. The van der Waals surface area contributed by atoms with Crippen LogP contribution in [-0.2, 0) is 0 Å². The maximum atomic E-state index is 13.5. The molecule has 0 radical (unpaired) electrons. The highest BCUT2D eigenvalue weighted by Crippen LogP contribution is 2.17. The van der Waals surface area contributed by atoms with Crippen molar-refractivity contribution in [3.05, 3.63) is 34.6 Å². The van der Waals surface area contributed by atoms with Crippen molar-refractivity contribution in [3.63, 3.8) is 0 Å². The van der Waals surface area contributed by atoms with Crippen LogP contribution in [0.25, 0.3) is 0 Å². The van der Waals surface area contributed by atoms with E-state index in [1.54, 1.807) is 0 Å². The smallest absolute Gasteiger partial charge is 0.254 e. The highest BCUT2D eigenvalue weighted by molar-refractivity contribution is 6.31. The van der Waals surface area contributed by atoms with Crippen LogP contribution in [0.15, 0.2) is 23.4 Å². The fourth-order valence-corrected chi connectivity index (χ4v) is 1.47. The molecular formula is C11H13ClFN3O2. The number of hydrogen-bond acceptors (Lipinski definition) is 3. The molecule has 0 spiro atoms. The summed E-state index contributed by atoms with van der Waals surface area (Å²) in [5.74, 6) is -1.21. The Hall–Kier alpha value is -1.82. The van der Waals surface area contributed by atoms with Gasteiger partial charge in [0.2, 0.25) is 0 Å². The average molecular weight is 274 g/mol. The first-order valence-electron chi connectivity index (χ1n) is 5.25. The first-order chi connectivity index (χ1) is 8.56. The van der Waals surface area contributed by atoms with Crippen molar-refractivity contribution in [2.75, 3.05) is 6.54 Å². The molecule has 0 aromatic heterocycles. The number of nitrogens with two attached hydrogens (primary N) is 1. The van der Waals surface area contributed by atoms with Gasteiger partial charge < -0.3 is 16.3 Å². The monoisotopic (exact) mass is 273 g/mol. The summed E-state index contributed by atoms with van der Waals surface area (Å²) in [4.78, 5) is 11.6. The fraction of sp³-hybridized carbons (Fsp3) is 0.273. The molecular weight excluding hydrogens is 261 g/mol. The van der Waals surface area contributed by atoms with Gasteiger partial charge in [-0.1, -0.05) is 22.8 Å². The van der Waals surface area contributed by atoms with Crippen molar-refractivity contribution >= 4 is 23.3 Å². The number of nitrogens with zero attached hydrogens (tertiary/aromatic N) is 1. The van der Waals surface area contributed by atoms with Gasteiger partial charge in [0.25, 0.3) is 5.91 Å². The van der Waals surface area contributed by atoms with Crippen LogP contribution in [0.4, 0.5) is 4.39 Å². The average Bonchev–Trinajstić information content (AvgIpc) is 2.37. The number of carbonyl (C=O) groups is 1. The SMILES string of the molecule is N/C(CCCNC(=O)c1cccc(Cl)c1F)=N/O. The lowest BCUT2D eigenvalue weighted by Gasteiger charge is -2.06. The molecule has 0 saturated heterocycles. The first kappa shape index (κ1) is 14.2. The molecule has 0 aliphatic heterocycles. The second-order valence-corrected chi connectivity index (χ2v) is 3.96. The Kier molecular flexibility index (Phi) is 5.38. The molecule has 1 amide bonds. The maximum absolute atomic E-state index is 13.5. The van der Waals surface area contributed by atoms with Crippen LogP contribution < -0.4 is 11.1 Å². The molecule has 0 aliphatic rings. The number of carbonyl (C=O) groups excluding carboxylic acids is 1. The van der Waals surface area contributed by atoms with Crippen LogP contribution in [0, 0.1) is 5.82 Å². The van der Waals surface area contributed by atoms with Gasteiger partial charge in [-0.3, -0.25) is 4.79 Å². The first-order valence-corrected chi connectivity index (χ1v) is 5.62. The molecule has 0 atom stereocenters. The van der Waals surface area contributed by atoms with E-state index in [2.05, 4.69) is 10.5 Å². The summed E-state index contributed by atoms with van der Waals surface area (Å²) in [6.07, 6.45) is 0.832. The van der Waals surface area contributed by atoms with Crippen LogP contribution in [0.2, 0.25) is 5.02 Å². The second kappa shape index (κ2) is 6.80. The Morgan fingerprint density at radius 3 is 2.94 bits per heavy atom. The number of nitrogens with one attached hydrogen (secondary N) is 1. The van der Waals surface area contributed by atoms with Crippen molar-refractivity contribution in [3.8, 4) is 0 Å². The molecule has 0 saturated carbocycles. The fourth-order valence-electron chi connectivity index (χ4n) is 1.30.